The van der Waals surface area contributed by atoms with Crippen LogP contribution in [0.4, 0.5) is 0 Å². The van der Waals surface area contributed by atoms with E-state index in [0.717, 1.165) is 35.5 Å². The zero-order chi connectivity index (χ0) is 17.0. The van der Waals surface area contributed by atoms with Crippen LogP contribution in [0.2, 0.25) is 0 Å². The molecule has 0 saturated carbocycles. The summed E-state index contributed by atoms with van der Waals surface area (Å²) < 4.78 is 16.3. The van der Waals surface area contributed by atoms with Crippen molar-refractivity contribution in [1.82, 2.24) is 0 Å². The first kappa shape index (κ1) is 16.4. The van der Waals surface area contributed by atoms with Crippen LogP contribution in [0.15, 0.2) is 60.4 Å². The summed E-state index contributed by atoms with van der Waals surface area (Å²) in [5.74, 6) is 2.06. The number of aliphatic hydroxyl groups is 1. The molecule has 0 spiro atoms. The average molecular weight is 326 g/mol. The standard InChI is InChI=1S/C20H22O4/c1-22-17-10-6-15(7-11-17)20(21,19-5-3-4-14-24-19)16-8-12-18(23-2)13-9-16/h5-13,21H,3-4,14H2,1-2H3. The summed E-state index contributed by atoms with van der Waals surface area (Å²) in [6, 6.07) is 14.8. The highest BCUT2D eigenvalue weighted by molar-refractivity contribution is 5.46. The number of hydrogen-bond donors (Lipinski definition) is 1. The maximum atomic E-state index is 11.6. The summed E-state index contributed by atoms with van der Waals surface area (Å²) in [6.07, 6.45) is 3.83. The van der Waals surface area contributed by atoms with Gasteiger partial charge in [0.15, 0.2) is 5.60 Å². The van der Waals surface area contributed by atoms with Crippen LogP contribution < -0.4 is 9.47 Å². The van der Waals surface area contributed by atoms with Gasteiger partial charge in [-0.05, 0) is 54.3 Å². The minimum Gasteiger partial charge on any atom is -0.497 e. The Hall–Kier alpha value is -2.46. The van der Waals surface area contributed by atoms with E-state index in [2.05, 4.69) is 0 Å². The van der Waals surface area contributed by atoms with Crippen molar-refractivity contribution in [3.8, 4) is 11.5 Å². The highest BCUT2D eigenvalue weighted by Crippen LogP contribution is 2.39. The van der Waals surface area contributed by atoms with Crippen LogP contribution in [0.1, 0.15) is 24.0 Å². The third-order valence-electron chi connectivity index (χ3n) is 4.31. The molecule has 4 heteroatoms. The van der Waals surface area contributed by atoms with E-state index < -0.39 is 5.60 Å². The molecule has 2 aromatic carbocycles. The van der Waals surface area contributed by atoms with Crippen molar-refractivity contribution in [2.45, 2.75) is 18.4 Å². The van der Waals surface area contributed by atoms with Crippen LogP contribution in [0, 0.1) is 0 Å². The van der Waals surface area contributed by atoms with Gasteiger partial charge < -0.3 is 19.3 Å². The van der Waals surface area contributed by atoms with Gasteiger partial charge in [-0.1, -0.05) is 24.3 Å². The van der Waals surface area contributed by atoms with Gasteiger partial charge >= 0.3 is 0 Å². The van der Waals surface area contributed by atoms with E-state index in [1.165, 1.54) is 0 Å². The third kappa shape index (κ3) is 2.97. The van der Waals surface area contributed by atoms with Gasteiger partial charge in [0.25, 0.3) is 0 Å². The summed E-state index contributed by atoms with van der Waals surface area (Å²) >= 11 is 0. The molecule has 0 amide bonds. The highest BCUT2D eigenvalue weighted by Gasteiger charge is 2.38. The number of ether oxygens (including phenoxy) is 3. The molecule has 0 aliphatic carbocycles. The van der Waals surface area contributed by atoms with E-state index >= 15 is 0 Å². The van der Waals surface area contributed by atoms with Crippen LogP contribution in [0.3, 0.4) is 0 Å². The van der Waals surface area contributed by atoms with Gasteiger partial charge in [0.2, 0.25) is 0 Å². The topological polar surface area (TPSA) is 47.9 Å². The summed E-state index contributed by atoms with van der Waals surface area (Å²) in [7, 11) is 3.24. The van der Waals surface area contributed by atoms with Crippen LogP contribution in [0.25, 0.3) is 0 Å². The normalized spacial score (nSPS) is 14.5. The van der Waals surface area contributed by atoms with E-state index in [0.29, 0.717) is 12.4 Å². The lowest BCUT2D eigenvalue weighted by Gasteiger charge is -2.33. The zero-order valence-corrected chi connectivity index (χ0v) is 14.0. The Kier molecular flexibility index (Phi) is 4.76. The molecule has 1 aliphatic heterocycles. The van der Waals surface area contributed by atoms with Crippen molar-refractivity contribution in [3.05, 3.63) is 71.5 Å². The van der Waals surface area contributed by atoms with Crippen LogP contribution in [-0.2, 0) is 10.3 Å². The number of allylic oxidation sites excluding steroid dienone is 1. The Morgan fingerprint density at radius 2 is 1.38 bits per heavy atom. The molecule has 0 saturated heterocycles. The van der Waals surface area contributed by atoms with Gasteiger partial charge in [-0.15, -0.1) is 0 Å². The molecule has 2 aromatic rings. The van der Waals surface area contributed by atoms with E-state index in [9.17, 15) is 5.11 Å². The molecule has 0 fully saturated rings. The number of rotatable bonds is 5. The summed E-state index contributed by atoms with van der Waals surface area (Å²) in [5.41, 5.74) is 0.141. The van der Waals surface area contributed by atoms with Gasteiger partial charge in [0, 0.05) is 0 Å². The van der Waals surface area contributed by atoms with Crippen molar-refractivity contribution in [2.75, 3.05) is 20.8 Å². The average Bonchev–Trinajstić information content (AvgIpc) is 2.68. The molecule has 1 aliphatic rings. The van der Waals surface area contributed by atoms with E-state index in [4.69, 9.17) is 14.2 Å². The molecule has 1 heterocycles. The van der Waals surface area contributed by atoms with Crippen molar-refractivity contribution in [2.24, 2.45) is 0 Å². The minimum absolute atomic E-state index is 0.573. The Labute approximate surface area is 142 Å². The summed E-state index contributed by atoms with van der Waals surface area (Å²) in [4.78, 5) is 0. The van der Waals surface area contributed by atoms with Crippen molar-refractivity contribution in [1.29, 1.82) is 0 Å². The van der Waals surface area contributed by atoms with Crippen LogP contribution >= 0.6 is 0 Å². The Balaban J connectivity index is 2.09. The molecular weight excluding hydrogens is 304 g/mol. The molecule has 4 nitrogen and oxygen atoms in total. The fourth-order valence-corrected chi connectivity index (χ4v) is 2.93. The van der Waals surface area contributed by atoms with Gasteiger partial charge in [-0.3, -0.25) is 0 Å². The Bertz CT molecular complexity index is 654. The number of methoxy groups -OCH3 is 2. The first-order valence-corrected chi connectivity index (χ1v) is 8.03. The van der Waals surface area contributed by atoms with Gasteiger partial charge in [0.1, 0.15) is 17.3 Å². The first-order valence-electron chi connectivity index (χ1n) is 8.03. The molecule has 1 N–H and O–H groups in total. The monoisotopic (exact) mass is 326 g/mol. The minimum atomic E-state index is -1.33. The Morgan fingerprint density at radius 1 is 0.875 bits per heavy atom. The Morgan fingerprint density at radius 3 is 1.75 bits per heavy atom. The second-order valence-electron chi connectivity index (χ2n) is 5.73. The van der Waals surface area contributed by atoms with Crippen LogP contribution in [0.5, 0.6) is 11.5 Å². The zero-order valence-electron chi connectivity index (χ0n) is 14.0. The smallest absolute Gasteiger partial charge is 0.172 e. The molecular formula is C20H22O4. The van der Waals surface area contributed by atoms with E-state index in [1.54, 1.807) is 14.2 Å². The molecule has 0 radical (unpaired) electrons. The lowest BCUT2D eigenvalue weighted by atomic mass is 9.83. The van der Waals surface area contributed by atoms with Crippen molar-refractivity contribution < 1.29 is 19.3 Å². The van der Waals surface area contributed by atoms with Crippen LogP contribution in [-0.4, -0.2) is 25.9 Å². The first-order chi connectivity index (χ1) is 11.7. The highest BCUT2D eigenvalue weighted by atomic mass is 16.5. The molecule has 0 unspecified atom stereocenters. The number of hydrogen-bond acceptors (Lipinski definition) is 4. The third-order valence-corrected chi connectivity index (χ3v) is 4.31. The maximum absolute atomic E-state index is 11.6. The van der Waals surface area contributed by atoms with Gasteiger partial charge in [-0.25, -0.2) is 0 Å². The number of benzene rings is 2. The van der Waals surface area contributed by atoms with Gasteiger partial charge in [0.05, 0.1) is 20.8 Å². The molecule has 0 atom stereocenters. The second-order valence-corrected chi connectivity index (χ2v) is 5.73. The molecule has 0 aromatic heterocycles. The summed E-state index contributed by atoms with van der Waals surface area (Å²) in [5, 5.41) is 11.6. The molecule has 0 bridgehead atoms. The maximum Gasteiger partial charge on any atom is 0.172 e. The second kappa shape index (κ2) is 6.97. The molecule has 24 heavy (non-hydrogen) atoms. The van der Waals surface area contributed by atoms with Crippen molar-refractivity contribution >= 4 is 0 Å². The fourth-order valence-electron chi connectivity index (χ4n) is 2.93. The summed E-state index contributed by atoms with van der Waals surface area (Å²) in [6.45, 7) is 0.612. The van der Waals surface area contributed by atoms with Crippen molar-refractivity contribution in [3.63, 3.8) is 0 Å². The predicted molar refractivity (Wildman–Crippen MR) is 92.3 cm³/mol. The van der Waals surface area contributed by atoms with Gasteiger partial charge in [-0.2, -0.15) is 0 Å². The largest absolute Gasteiger partial charge is 0.497 e. The molecule has 3 rings (SSSR count). The predicted octanol–water partition coefficient (Wildman–Crippen LogP) is 3.63. The lowest BCUT2D eigenvalue weighted by Crippen LogP contribution is -2.32. The van der Waals surface area contributed by atoms with E-state index in [-0.39, 0.29) is 0 Å². The lowest BCUT2D eigenvalue weighted by molar-refractivity contribution is 0.0315. The van der Waals surface area contributed by atoms with E-state index in [1.807, 2.05) is 54.6 Å². The quantitative estimate of drug-likeness (QED) is 0.911. The molecule has 126 valence electrons. The SMILES string of the molecule is COc1ccc(C(O)(C2=CCCCO2)c2ccc(OC)cc2)cc1. The fraction of sp³-hybridized carbons (Fsp3) is 0.300.